The number of nitrogens with zero attached hydrogens (tertiary/aromatic N) is 4. The molecule has 5 nitrogen and oxygen atoms in total. The van der Waals surface area contributed by atoms with Gasteiger partial charge in [0.2, 0.25) is 0 Å². The Labute approximate surface area is 165 Å². The summed E-state index contributed by atoms with van der Waals surface area (Å²) < 4.78 is 0. The van der Waals surface area contributed by atoms with Gasteiger partial charge >= 0.3 is 0 Å². The Balaban J connectivity index is 0.00000208. The third-order valence-corrected chi connectivity index (χ3v) is 6.04. The maximum atomic E-state index is 5.03. The molecule has 0 bridgehead atoms. The topological polar surface area (TPSA) is 34.1 Å². The first-order valence-electron chi connectivity index (χ1n) is 9.59. The molecule has 3 fully saturated rings. The van der Waals surface area contributed by atoms with Gasteiger partial charge in [0.1, 0.15) is 0 Å². The fraction of sp³-hybridized carbons (Fsp3) is 0.944. The summed E-state index contributed by atoms with van der Waals surface area (Å²) in [6.45, 7) is 9.95. The highest BCUT2D eigenvalue weighted by atomic mass is 127. The van der Waals surface area contributed by atoms with E-state index in [2.05, 4.69) is 41.0 Å². The zero-order valence-corrected chi connectivity index (χ0v) is 18.0. The lowest BCUT2D eigenvalue weighted by molar-refractivity contribution is 0.119. The van der Waals surface area contributed by atoms with Gasteiger partial charge in [-0.25, -0.2) is 0 Å². The van der Waals surface area contributed by atoms with E-state index >= 15 is 0 Å². The zero-order chi connectivity index (χ0) is 16.2. The van der Waals surface area contributed by atoms with Gasteiger partial charge in [-0.2, -0.15) is 0 Å². The van der Waals surface area contributed by atoms with Crippen molar-refractivity contribution in [1.29, 1.82) is 0 Å². The standard InChI is InChI=1S/C18H35N5.HI/c1-4-19-18(20-11-17-14-21(2)9-10-22(17)3)23-12-15-7-5-6-8-16(15)13-23;/h15-17H,4-14H2,1-3H3,(H,19,20);1H. The van der Waals surface area contributed by atoms with Crippen LogP contribution in [0.5, 0.6) is 0 Å². The van der Waals surface area contributed by atoms with Gasteiger partial charge in [0, 0.05) is 45.3 Å². The zero-order valence-electron chi connectivity index (χ0n) is 15.7. The summed E-state index contributed by atoms with van der Waals surface area (Å²) in [5.74, 6) is 2.98. The van der Waals surface area contributed by atoms with Crippen LogP contribution in [-0.4, -0.2) is 86.6 Å². The summed E-state index contributed by atoms with van der Waals surface area (Å²) in [4.78, 5) is 12.5. The van der Waals surface area contributed by atoms with E-state index in [1.807, 2.05) is 0 Å². The number of halogens is 1. The molecule has 0 amide bonds. The molecule has 2 heterocycles. The number of nitrogens with one attached hydrogen (secondary N) is 1. The molecular weight excluding hydrogens is 413 g/mol. The van der Waals surface area contributed by atoms with Gasteiger partial charge in [-0.3, -0.25) is 9.89 Å². The third-order valence-electron chi connectivity index (χ3n) is 6.04. The lowest BCUT2D eigenvalue weighted by Gasteiger charge is -2.37. The van der Waals surface area contributed by atoms with Gasteiger partial charge in [-0.05, 0) is 45.7 Å². The number of hydrogen-bond acceptors (Lipinski definition) is 3. The van der Waals surface area contributed by atoms with Crippen molar-refractivity contribution in [3.63, 3.8) is 0 Å². The maximum absolute atomic E-state index is 5.03. The first-order valence-corrected chi connectivity index (χ1v) is 9.59. The number of aliphatic imine (C=N–C) groups is 1. The van der Waals surface area contributed by atoms with Crippen LogP contribution in [0.3, 0.4) is 0 Å². The minimum Gasteiger partial charge on any atom is -0.357 e. The molecule has 0 spiro atoms. The van der Waals surface area contributed by atoms with E-state index in [0.29, 0.717) is 6.04 Å². The summed E-state index contributed by atoms with van der Waals surface area (Å²) in [6.07, 6.45) is 5.72. The van der Waals surface area contributed by atoms with Crippen LogP contribution in [0.25, 0.3) is 0 Å². The van der Waals surface area contributed by atoms with E-state index in [-0.39, 0.29) is 24.0 Å². The van der Waals surface area contributed by atoms with E-state index in [4.69, 9.17) is 4.99 Å². The minimum atomic E-state index is 0. The molecular formula is C18H36IN5. The van der Waals surface area contributed by atoms with Crippen LogP contribution in [-0.2, 0) is 0 Å². The second kappa shape index (κ2) is 9.57. The van der Waals surface area contributed by atoms with Gasteiger partial charge < -0.3 is 15.1 Å². The molecule has 0 aromatic heterocycles. The molecule has 2 saturated heterocycles. The molecule has 0 aromatic rings. The summed E-state index contributed by atoms with van der Waals surface area (Å²) in [7, 11) is 4.46. The fourth-order valence-corrected chi connectivity index (χ4v) is 4.50. The van der Waals surface area contributed by atoms with Crippen LogP contribution in [0.1, 0.15) is 32.6 Å². The molecule has 3 unspecified atom stereocenters. The first kappa shape index (κ1) is 20.2. The Morgan fingerprint density at radius 1 is 1.04 bits per heavy atom. The minimum absolute atomic E-state index is 0. The molecule has 140 valence electrons. The predicted octanol–water partition coefficient (Wildman–Crippen LogP) is 1.94. The van der Waals surface area contributed by atoms with E-state index in [9.17, 15) is 0 Å². The number of piperazine rings is 1. The van der Waals surface area contributed by atoms with Crippen molar-refractivity contribution in [3.8, 4) is 0 Å². The number of fused-ring (bicyclic) bond motifs is 1. The molecule has 3 aliphatic rings. The highest BCUT2D eigenvalue weighted by Gasteiger charge is 2.35. The van der Waals surface area contributed by atoms with Crippen LogP contribution in [0.4, 0.5) is 0 Å². The smallest absolute Gasteiger partial charge is 0.193 e. The Morgan fingerprint density at radius 3 is 2.33 bits per heavy atom. The lowest BCUT2D eigenvalue weighted by Crippen LogP contribution is -2.51. The summed E-state index contributed by atoms with van der Waals surface area (Å²) >= 11 is 0. The molecule has 1 N–H and O–H groups in total. The molecule has 3 rings (SSSR count). The van der Waals surface area contributed by atoms with Crippen molar-refractivity contribution >= 4 is 29.9 Å². The van der Waals surface area contributed by atoms with Crippen molar-refractivity contribution in [2.75, 3.05) is 59.9 Å². The average Bonchev–Trinajstić information content (AvgIpc) is 2.98. The first-order chi connectivity index (χ1) is 11.2. The molecule has 6 heteroatoms. The van der Waals surface area contributed by atoms with E-state index in [1.165, 1.54) is 45.3 Å². The highest BCUT2D eigenvalue weighted by Crippen LogP contribution is 2.35. The molecule has 1 saturated carbocycles. The Hall–Kier alpha value is -0.0800. The molecule has 0 aromatic carbocycles. The normalized spacial score (nSPS) is 32.4. The van der Waals surface area contributed by atoms with Crippen LogP contribution in [0.15, 0.2) is 4.99 Å². The molecule has 2 aliphatic heterocycles. The summed E-state index contributed by atoms with van der Waals surface area (Å²) in [5, 5.41) is 3.54. The van der Waals surface area contributed by atoms with Crippen molar-refractivity contribution < 1.29 is 0 Å². The monoisotopic (exact) mass is 449 g/mol. The summed E-state index contributed by atoms with van der Waals surface area (Å²) in [5.41, 5.74) is 0. The van der Waals surface area contributed by atoms with Crippen molar-refractivity contribution in [3.05, 3.63) is 0 Å². The largest absolute Gasteiger partial charge is 0.357 e. The van der Waals surface area contributed by atoms with Crippen LogP contribution in [0, 0.1) is 11.8 Å². The van der Waals surface area contributed by atoms with Crippen molar-refractivity contribution in [2.24, 2.45) is 16.8 Å². The lowest BCUT2D eigenvalue weighted by atomic mass is 9.82. The molecule has 0 radical (unpaired) electrons. The van der Waals surface area contributed by atoms with Crippen molar-refractivity contribution in [1.82, 2.24) is 20.0 Å². The molecule has 1 aliphatic carbocycles. The molecule has 3 atom stereocenters. The Bertz CT molecular complexity index is 402. The van der Waals surface area contributed by atoms with Gasteiger partial charge in [0.05, 0.1) is 6.54 Å². The second-order valence-corrected chi connectivity index (χ2v) is 7.80. The third kappa shape index (κ3) is 4.97. The van der Waals surface area contributed by atoms with E-state index in [1.54, 1.807) is 0 Å². The van der Waals surface area contributed by atoms with Gasteiger partial charge in [-0.15, -0.1) is 24.0 Å². The maximum Gasteiger partial charge on any atom is 0.193 e. The van der Waals surface area contributed by atoms with Gasteiger partial charge in [0.15, 0.2) is 5.96 Å². The van der Waals surface area contributed by atoms with Gasteiger partial charge in [-0.1, -0.05) is 12.8 Å². The van der Waals surface area contributed by atoms with E-state index < -0.39 is 0 Å². The highest BCUT2D eigenvalue weighted by molar-refractivity contribution is 14.0. The summed E-state index contributed by atoms with van der Waals surface area (Å²) in [6, 6.07) is 0.548. The average molecular weight is 449 g/mol. The fourth-order valence-electron chi connectivity index (χ4n) is 4.50. The Morgan fingerprint density at radius 2 is 1.71 bits per heavy atom. The quantitative estimate of drug-likeness (QED) is 0.406. The van der Waals surface area contributed by atoms with Crippen LogP contribution >= 0.6 is 24.0 Å². The molecule has 24 heavy (non-hydrogen) atoms. The van der Waals surface area contributed by atoms with E-state index in [0.717, 1.165) is 44.0 Å². The SMILES string of the molecule is CCNC(=NCC1CN(C)CCN1C)N1CC2CCCCC2C1.I. The number of guanidine groups is 1. The number of hydrogen-bond donors (Lipinski definition) is 1. The second-order valence-electron chi connectivity index (χ2n) is 7.80. The number of likely N-dealkylation sites (N-methyl/N-ethyl adjacent to an activating group) is 2. The number of rotatable bonds is 3. The number of likely N-dealkylation sites (tertiary alicyclic amines) is 1. The van der Waals surface area contributed by atoms with Crippen LogP contribution in [0.2, 0.25) is 0 Å². The van der Waals surface area contributed by atoms with Crippen LogP contribution < -0.4 is 5.32 Å². The van der Waals surface area contributed by atoms with Gasteiger partial charge in [0.25, 0.3) is 0 Å². The Kier molecular flexibility index (Phi) is 8.07. The van der Waals surface area contributed by atoms with Crippen molar-refractivity contribution in [2.45, 2.75) is 38.6 Å². The predicted molar refractivity (Wildman–Crippen MR) is 112 cm³/mol.